The van der Waals surface area contributed by atoms with E-state index < -0.39 is 0 Å². The van der Waals surface area contributed by atoms with Gasteiger partial charge in [0, 0.05) is 10.0 Å². The van der Waals surface area contributed by atoms with E-state index >= 15 is 0 Å². The quantitative estimate of drug-likeness (QED) is 0.769. The summed E-state index contributed by atoms with van der Waals surface area (Å²) >= 11 is 3.37. The van der Waals surface area contributed by atoms with Gasteiger partial charge in [0.1, 0.15) is 5.75 Å². The molecule has 0 fully saturated rings. The molecule has 3 heteroatoms. The molecule has 0 unspecified atom stereocenters. The van der Waals surface area contributed by atoms with Crippen molar-refractivity contribution in [2.45, 2.75) is 13.3 Å². The summed E-state index contributed by atoms with van der Waals surface area (Å²) in [5, 5.41) is 0. The maximum Gasteiger partial charge on any atom is 0.200 e. The smallest absolute Gasteiger partial charge is 0.200 e. The maximum atomic E-state index is 12.0. The Hall–Kier alpha value is -1.61. The minimum absolute atomic E-state index is 0.0115. The second-order valence-electron chi connectivity index (χ2n) is 4.22. The number of rotatable bonds is 5. The average Bonchev–Trinajstić information content (AvgIpc) is 2.45. The van der Waals surface area contributed by atoms with Crippen molar-refractivity contribution >= 4 is 21.7 Å². The van der Waals surface area contributed by atoms with Crippen LogP contribution < -0.4 is 4.74 Å². The first-order chi connectivity index (χ1) is 9.19. The van der Waals surface area contributed by atoms with E-state index in [1.54, 1.807) is 0 Å². The minimum Gasteiger partial charge on any atom is -0.485 e. The number of carbonyl (C=O) groups excluding carboxylic acids is 1. The van der Waals surface area contributed by atoms with E-state index in [0.29, 0.717) is 11.3 Å². The van der Waals surface area contributed by atoms with E-state index in [2.05, 4.69) is 22.9 Å². The van der Waals surface area contributed by atoms with Crippen molar-refractivity contribution in [3.05, 3.63) is 64.1 Å². The summed E-state index contributed by atoms with van der Waals surface area (Å²) in [7, 11) is 0. The summed E-state index contributed by atoms with van der Waals surface area (Å²) in [6, 6.07) is 15.1. The van der Waals surface area contributed by atoms with Gasteiger partial charge in [-0.15, -0.1) is 0 Å². The highest BCUT2D eigenvalue weighted by Gasteiger charge is 2.06. The molecule has 0 aliphatic carbocycles. The number of carbonyl (C=O) groups is 1. The third-order valence-electron chi connectivity index (χ3n) is 2.85. The summed E-state index contributed by atoms with van der Waals surface area (Å²) in [5.41, 5.74) is 1.91. The van der Waals surface area contributed by atoms with Crippen LogP contribution in [0.5, 0.6) is 5.75 Å². The van der Waals surface area contributed by atoms with Gasteiger partial charge in [0.15, 0.2) is 12.4 Å². The fourth-order valence-corrected chi connectivity index (χ4v) is 2.09. The molecule has 0 heterocycles. The molecular weight excluding hydrogens is 304 g/mol. The number of Topliss-reactive ketones (excluding diaryl/α,β-unsaturated/α-hetero) is 1. The average molecular weight is 319 g/mol. The van der Waals surface area contributed by atoms with Crippen LogP contribution in [0.2, 0.25) is 0 Å². The van der Waals surface area contributed by atoms with Gasteiger partial charge in [0.25, 0.3) is 0 Å². The molecule has 0 amide bonds. The lowest BCUT2D eigenvalue weighted by Gasteiger charge is -2.06. The molecule has 0 spiro atoms. The molecular formula is C16H15BrO2. The summed E-state index contributed by atoms with van der Waals surface area (Å²) in [6.07, 6.45) is 0.975. The third kappa shape index (κ3) is 3.93. The largest absolute Gasteiger partial charge is 0.485 e. The second-order valence-corrected chi connectivity index (χ2v) is 5.14. The van der Waals surface area contributed by atoms with Crippen LogP contribution in [0.4, 0.5) is 0 Å². The highest BCUT2D eigenvalue weighted by atomic mass is 79.9. The molecule has 0 saturated carbocycles. The number of ether oxygens (including phenoxy) is 1. The summed E-state index contributed by atoms with van der Waals surface area (Å²) in [6.45, 7) is 2.15. The Kier molecular flexibility index (Phi) is 4.74. The van der Waals surface area contributed by atoms with Crippen LogP contribution in [0.1, 0.15) is 22.8 Å². The molecule has 0 atom stereocenters. The molecule has 0 N–H and O–H groups in total. The van der Waals surface area contributed by atoms with Gasteiger partial charge in [0.05, 0.1) is 0 Å². The van der Waals surface area contributed by atoms with Crippen molar-refractivity contribution in [3.63, 3.8) is 0 Å². The van der Waals surface area contributed by atoms with E-state index in [0.717, 1.165) is 10.9 Å². The Labute approximate surface area is 121 Å². The fraction of sp³-hybridized carbons (Fsp3) is 0.188. The van der Waals surface area contributed by atoms with Crippen molar-refractivity contribution < 1.29 is 9.53 Å². The van der Waals surface area contributed by atoms with Crippen molar-refractivity contribution in [1.82, 2.24) is 0 Å². The molecule has 2 nitrogen and oxygen atoms in total. The first-order valence-corrected chi connectivity index (χ1v) is 6.99. The van der Waals surface area contributed by atoms with Crippen LogP contribution in [0, 0.1) is 0 Å². The van der Waals surface area contributed by atoms with Gasteiger partial charge in [-0.25, -0.2) is 0 Å². The predicted octanol–water partition coefficient (Wildman–Crippen LogP) is 4.27. The predicted molar refractivity (Wildman–Crippen MR) is 79.8 cm³/mol. The highest BCUT2D eigenvalue weighted by Crippen LogP contribution is 2.18. The molecule has 0 saturated heterocycles. The van der Waals surface area contributed by atoms with Crippen molar-refractivity contribution in [3.8, 4) is 5.75 Å². The molecule has 2 aromatic rings. The van der Waals surface area contributed by atoms with E-state index in [1.807, 2.05) is 48.5 Å². The van der Waals surface area contributed by atoms with Gasteiger partial charge >= 0.3 is 0 Å². The normalized spacial score (nSPS) is 10.2. The molecule has 0 aliphatic rings. The lowest BCUT2D eigenvalue weighted by molar-refractivity contribution is 0.0921. The Bertz CT molecular complexity index is 561. The van der Waals surface area contributed by atoms with Gasteiger partial charge in [-0.05, 0) is 30.2 Å². The number of hydrogen-bond acceptors (Lipinski definition) is 2. The van der Waals surface area contributed by atoms with Crippen molar-refractivity contribution in [2.24, 2.45) is 0 Å². The number of aryl methyl sites for hydroxylation is 1. The maximum absolute atomic E-state index is 12.0. The van der Waals surface area contributed by atoms with Crippen LogP contribution in [0.3, 0.4) is 0 Å². The highest BCUT2D eigenvalue weighted by molar-refractivity contribution is 9.10. The molecule has 0 bridgehead atoms. The van der Waals surface area contributed by atoms with E-state index in [-0.39, 0.29) is 12.4 Å². The number of ketones is 1. The zero-order valence-corrected chi connectivity index (χ0v) is 12.3. The Balaban J connectivity index is 1.97. The summed E-state index contributed by atoms with van der Waals surface area (Å²) in [5.74, 6) is 0.676. The van der Waals surface area contributed by atoms with Crippen LogP contribution in [-0.2, 0) is 6.42 Å². The molecule has 0 aliphatic heterocycles. The first kappa shape index (κ1) is 13.8. The molecule has 98 valence electrons. The van der Waals surface area contributed by atoms with E-state index in [1.165, 1.54) is 5.56 Å². The van der Waals surface area contributed by atoms with Gasteiger partial charge < -0.3 is 4.74 Å². The molecule has 2 aromatic carbocycles. The minimum atomic E-state index is -0.0115. The van der Waals surface area contributed by atoms with E-state index in [9.17, 15) is 4.79 Å². The molecule has 2 rings (SSSR count). The van der Waals surface area contributed by atoms with Crippen molar-refractivity contribution in [1.29, 1.82) is 0 Å². The zero-order valence-electron chi connectivity index (χ0n) is 10.7. The number of hydrogen-bond donors (Lipinski definition) is 0. The van der Waals surface area contributed by atoms with Gasteiger partial charge in [0.2, 0.25) is 0 Å². The molecule has 0 radical (unpaired) electrons. The monoisotopic (exact) mass is 318 g/mol. The van der Waals surface area contributed by atoms with E-state index in [4.69, 9.17) is 4.74 Å². The van der Waals surface area contributed by atoms with Gasteiger partial charge in [-0.2, -0.15) is 0 Å². The number of halogens is 1. The van der Waals surface area contributed by atoms with Crippen LogP contribution in [-0.4, -0.2) is 12.4 Å². The second kappa shape index (κ2) is 6.53. The summed E-state index contributed by atoms with van der Waals surface area (Å²) in [4.78, 5) is 12.0. The Morgan fingerprint density at radius 2 is 1.89 bits per heavy atom. The van der Waals surface area contributed by atoms with Crippen LogP contribution >= 0.6 is 15.9 Å². The van der Waals surface area contributed by atoms with Crippen LogP contribution in [0.15, 0.2) is 53.0 Å². The van der Waals surface area contributed by atoms with Crippen molar-refractivity contribution in [2.75, 3.05) is 6.61 Å². The lowest BCUT2D eigenvalue weighted by Crippen LogP contribution is -2.11. The first-order valence-electron chi connectivity index (χ1n) is 6.19. The SMILES string of the molecule is CCc1ccc(C(=O)COc2cccc(Br)c2)cc1. The third-order valence-corrected chi connectivity index (χ3v) is 3.34. The zero-order chi connectivity index (χ0) is 13.7. The standard InChI is InChI=1S/C16H15BrO2/c1-2-12-6-8-13(9-7-12)16(18)11-19-15-5-3-4-14(17)10-15/h3-10H,2,11H2,1H3. The molecule has 0 aromatic heterocycles. The Morgan fingerprint density at radius 3 is 2.53 bits per heavy atom. The number of benzene rings is 2. The fourth-order valence-electron chi connectivity index (χ4n) is 1.72. The van der Waals surface area contributed by atoms with Gasteiger partial charge in [-0.3, -0.25) is 4.79 Å². The lowest BCUT2D eigenvalue weighted by atomic mass is 10.1. The van der Waals surface area contributed by atoms with Crippen LogP contribution in [0.25, 0.3) is 0 Å². The Morgan fingerprint density at radius 1 is 1.16 bits per heavy atom. The van der Waals surface area contributed by atoms with Gasteiger partial charge in [-0.1, -0.05) is 53.2 Å². The summed E-state index contributed by atoms with van der Waals surface area (Å²) < 4.78 is 6.42. The topological polar surface area (TPSA) is 26.3 Å². The molecule has 19 heavy (non-hydrogen) atoms.